The van der Waals surface area contributed by atoms with E-state index in [1.54, 1.807) is 6.92 Å². The van der Waals surface area contributed by atoms with E-state index >= 15 is 0 Å². The first-order valence-corrected chi connectivity index (χ1v) is 5.46. The number of nitrogens with two attached hydrogens (primary N) is 1. The number of halogens is 3. The van der Waals surface area contributed by atoms with Gasteiger partial charge < -0.3 is 15.2 Å². The van der Waals surface area contributed by atoms with Gasteiger partial charge in [-0.05, 0) is 35.0 Å². The summed E-state index contributed by atoms with van der Waals surface area (Å²) in [5.41, 5.74) is 5.73. The van der Waals surface area contributed by atoms with E-state index in [4.69, 9.17) is 10.5 Å². The van der Waals surface area contributed by atoms with Gasteiger partial charge in [-0.1, -0.05) is 0 Å². The maximum Gasteiger partial charge on any atom is 0.387 e. The molecule has 0 aromatic heterocycles. The summed E-state index contributed by atoms with van der Waals surface area (Å²) in [5, 5.41) is 0. The third kappa shape index (κ3) is 3.55. The summed E-state index contributed by atoms with van der Waals surface area (Å²) >= 11 is 3.00. The van der Waals surface area contributed by atoms with Crippen molar-refractivity contribution < 1.29 is 23.0 Å². The fourth-order valence-corrected chi connectivity index (χ4v) is 1.46. The largest absolute Gasteiger partial charge is 0.462 e. The summed E-state index contributed by atoms with van der Waals surface area (Å²) < 4.78 is 33.4. The highest BCUT2D eigenvalue weighted by Crippen LogP contribution is 2.33. The molecular weight excluding hydrogens is 300 g/mol. The van der Waals surface area contributed by atoms with Crippen LogP contribution in [0, 0.1) is 0 Å². The number of ether oxygens (including phenoxy) is 2. The monoisotopic (exact) mass is 309 g/mol. The minimum Gasteiger partial charge on any atom is -0.462 e. The number of hydrogen-bond donors (Lipinski definition) is 1. The zero-order valence-corrected chi connectivity index (χ0v) is 10.5. The van der Waals surface area contributed by atoms with Gasteiger partial charge in [0.25, 0.3) is 0 Å². The molecule has 1 aromatic rings. The second kappa shape index (κ2) is 5.81. The molecule has 0 heterocycles. The highest BCUT2D eigenvalue weighted by atomic mass is 79.9. The van der Waals surface area contributed by atoms with Crippen LogP contribution in [0.15, 0.2) is 16.6 Å². The van der Waals surface area contributed by atoms with E-state index in [1.807, 2.05) is 0 Å². The maximum absolute atomic E-state index is 12.1. The molecule has 0 saturated carbocycles. The van der Waals surface area contributed by atoms with Gasteiger partial charge in [0, 0.05) is 0 Å². The minimum absolute atomic E-state index is 0.0585. The Morgan fingerprint density at radius 3 is 2.71 bits per heavy atom. The Hall–Kier alpha value is -1.37. The normalized spacial score (nSPS) is 10.4. The Balaban J connectivity index is 3.09. The van der Waals surface area contributed by atoms with E-state index in [9.17, 15) is 13.6 Å². The van der Waals surface area contributed by atoms with Crippen molar-refractivity contribution in [1.29, 1.82) is 0 Å². The molecule has 0 radical (unpaired) electrons. The molecule has 17 heavy (non-hydrogen) atoms. The van der Waals surface area contributed by atoms with Gasteiger partial charge in [-0.2, -0.15) is 8.78 Å². The van der Waals surface area contributed by atoms with Crippen molar-refractivity contribution >= 4 is 27.6 Å². The fraction of sp³-hybridized carbons (Fsp3) is 0.300. The van der Waals surface area contributed by atoms with Crippen LogP contribution in [0.5, 0.6) is 5.75 Å². The average molecular weight is 310 g/mol. The van der Waals surface area contributed by atoms with Crippen molar-refractivity contribution in [2.75, 3.05) is 12.3 Å². The van der Waals surface area contributed by atoms with E-state index < -0.39 is 12.6 Å². The predicted molar refractivity (Wildman–Crippen MR) is 61.1 cm³/mol. The van der Waals surface area contributed by atoms with Gasteiger partial charge in [0.1, 0.15) is 5.75 Å². The molecule has 0 fully saturated rings. The number of carbonyl (C=O) groups excluding carboxylic acids is 1. The SMILES string of the molecule is CCOC(=O)c1cc(N)c(Br)c(OC(F)F)c1. The fourth-order valence-electron chi connectivity index (χ4n) is 1.13. The molecule has 94 valence electrons. The van der Waals surface area contributed by atoms with Gasteiger partial charge in [-0.15, -0.1) is 0 Å². The summed E-state index contributed by atoms with van der Waals surface area (Å²) in [4.78, 5) is 11.4. The molecule has 0 aliphatic carbocycles. The molecule has 1 aromatic carbocycles. The minimum atomic E-state index is -3.00. The van der Waals surface area contributed by atoms with Crippen LogP contribution < -0.4 is 10.5 Å². The van der Waals surface area contributed by atoms with E-state index in [0.717, 1.165) is 6.07 Å². The summed E-state index contributed by atoms with van der Waals surface area (Å²) in [6.07, 6.45) is 0. The lowest BCUT2D eigenvalue weighted by atomic mass is 10.2. The molecule has 0 amide bonds. The quantitative estimate of drug-likeness (QED) is 0.686. The smallest absolute Gasteiger partial charge is 0.387 e. The standard InChI is InChI=1S/C10H10BrF2NO3/c1-2-16-9(15)5-3-6(14)8(11)7(4-5)17-10(12)13/h3-4,10H,2,14H2,1H3. The van der Waals surface area contributed by atoms with Crippen LogP contribution in [0.2, 0.25) is 0 Å². The van der Waals surface area contributed by atoms with Crippen LogP contribution in [0.25, 0.3) is 0 Å². The van der Waals surface area contributed by atoms with Gasteiger partial charge in [0.15, 0.2) is 0 Å². The molecule has 1 rings (SSSR count). The van der Waals surface area contributed by atoms with Crippen molar-refractivity contribution in [2.24, 2.45) is 0 Å². The molecule has 7 heteroatoms. The van der Waals surface area contributed by atoms with Gasteiger partial charge in [0.2, 0.25) is 0 Å². The number of nitrogen functional groups attached to an aromatic ring is 1. The molecule has 0 bridgehead atoms. The molecular formula is C10H10BrF2NO3. The summed E-state index contributed by atoms with van der Waals surface area (Å²) in [5.74, 6) is -0.853. The van der Waals surface area contributed by atoms with Crippen molar-refractivity contribution in [3.63, 3.8) is 0 Å². The Morgan fingerprint density at radius 2 is 2.18 bits per heavy atom. The van der Waals surface area contributed by atoms with Crippen molar-refractivity contribution in [3.8, 4) is 5.75 Å². The molecule has 0 aliphatic rings. The Bertz CT molecular complexity index is 426. The molecule has 0 saturated heterocycles. The lowest BCUT2D eigenvalue weighted by molar-refractivity contribution is -0.0503. The second-order valence-corrected chi connectivity index (χ2v) is 3.77. The van der Waals surface area contributed by atoms with Gasteiger partial charge in [-0.3, -0.25) is 0 Å². The van der Waals surface area contributed by atoms with E-state index in [-0.39, 0.29) is 28.1 Å². The highest BCUT2D eigenvalue weighted by molar-refractivity contribution is 9.10. The second-order valence-electron chi connectivity index (χ2n) is 2.98. The highest BCUT2D eigenvalue weighted by Gasteiger charge is 2.16. The van der Waals surface area contributed by atoms with Crippen LogP contribution >= 0.6 is 15.9 Å². The Labute approximate surface area is 105 Å². The summed E-state index contributed by atoms with van der Waals surface area (Å²) in [6.45, 7) is -1.18. The first-order chi connectivity index (χ1) is 7.95. The zero-order valence-electron chi connectivity index (χ0n) is 8.88. The molecule has 2 N–H and O–H groups in total. The Kier molecular flexibility index (Phi) is 4.68. The van der Waals surface area contributed by atoms with Gasteiger partial charge in [-0.25, -0.2) is 4.79 Å². The number of benzene rings is 1. The van der Waals surface area contributed by atoms with Gasteiger partial charge in [0.05, 0.1) is 22.3 Å². The van der Waals surface area contributed by atoms with Crippen LogP contribution in [0.3, 0.4) is 0 Å². The molecule has 0 spiro atoms. The topological polar surface area (TPSA) is 61.5 Å². The third-order valence-electron chi connectivity index (χ3n) is 1.79. The maximum atomic E-state index is 12.1. The third-order valence-corrected chi connectivity index (χ3v) is 2.64. The zero-order chi connectivity index (χ0) is 13.0. The molecule has 0 atom stereocenters. The lowest BCUT2D eigenvalue weighted by Gasteiger charge is -2.11. The number of anilines is 1. The first-order valence-electron chi connectivity index (χ1n) is 4.66. The van der Waals surface area contributed by atoms with Crippen LogP contribution in [0.1, 0.15) is 17.3 Å². The number of rotatable bonds is 4. The Morgan fingerprint density at radius 1 is 1.53 bits per heavy atom. The van der Waals surface area contributed by atoms with Crippen molar-refractivity contribution in [2.45, 2.75) is 13.5 Å². The van der Waals surface area contributed by atoms with Crippen LogP contribution in [-0.4, -0.2) is 19.2 Å². The van der Waals surface area contributed by atoms with E-state index in [1.165, 1.54) is 6.07 Å². The first kappa shape index (κ1) is 13.7. The van der Waals surface area contributed by atoms with E-state index in [2.05, 4.69) is 20.7 Å². The molecule has 0 aliphatic heterocycles. The summed E-state index contributed by atoms with van der Waals surface area (Å²) in [7, 11) is 0. The van der Waals surface area contributed by atoms with Crippen molar-refractivity contribution in [3.05, 3.63) is 22.2 Å². The molecule has 0 unspecified atom stereocenters. The average Bonchev–Trinajstić information content (AvgIpc) is 2.24. The van der Waals surface area contributed by atoms with Crippen LogP contribution in [-0.2, 0) is 4.74 Å². The summed E-state index contributed by atoms with van der Waals surface area (Å²) in [6, 6.07) is 2.46. The number of hydrogen-bond acceptors (Lipinski definition) is 4. The van der Waals surface area contributed by atoms with E-state index in [0.29, 0.717) is 0 Å². The number of alkyl halides is 2. The molecule has 4 nitrogen and oxygen atoms in total. The number of esters is 1. The lowest BCUT2D eigenvalue weighted by Crippen LogP contribution is -2.08. The van der Waals surface area contributed by atoms with Crippen LogP contribution in [0.4, 0.5) is 14.5 Å². The predicted octanol–water partition coefficient (Wildman–Crippen LogP) is 2.81. The van der Waals surface area contributed by atoms with Crippen molar-refractivity contribution in [1.82, 2.24) is 0 Å². The number of carbonyl (C=O) groups is 1. The van der Waals surface area contributed by atoms with Gasteiger partial charge >= 0.3 is 12.6 Å².